The zero-order chi connectivity index (χ0) is 15.2. The third-order valence-corrected chi connectivity index (χ3v) is 4.02. The molecule has 0 saturated heterocycles. The first kappa shape index (κ1) is 15.5. The normalized spacial score (nSPS) is 21.6. The fourth-order valence-corrected chi connectivity index (χ4v) is 2.74. The first-order valence-corrected chi connectivity index (χ1v) is 7.47. The average molecular weight is 289 g/mol. The van der Waals surface area contributed by atoms with Gasteiger partial charge in [0.15, 0.2) is 0 Å². The predicted octanol–water partition coefficient (Wildman–Crippen LogP) is 2.35. The molecule has 0 aliphatic heterocycles. The summed E-state index contributed by atoms with van der Waals surface area (Å²) in [7, 11) is 0. The lowest BCUT2D eigenvalue weighted by atomic mass is 9.81. The number of anilines is 2. The average Bonchev–Trinajstić information content (AvgIpc) is 2.49. The van der Waals surface area contributed by atoms with Crippen molar-refractivity contribution in [2.75, 3.05) is 17.2 Å². The van der Waals surface area contributed by atoms with Gasteiger partial charge in [-0.2, -0.15) is 0 Å². The lowest BCUT2D eigenvalue weighted by molar-refractivity contribution is -0.121. The molecule has 2 amide bonds. The summed E-state index contributed by atoms with van der Waals surface area (Å²) in [4.78, 5) is 23.2. The molecule has 0 unspecified atom stereocenters. The Labute approximate surface area is 125 Å². The van der Waals surface area contributed by atoms with Crippen molar-refractivity contribution < 1.29 is 9.59 Å². The van der Waals surface area contributed by atoms with Gasteiger partial charge in [0.25, 0.3) is 0 Å². The monoisotopic (exact) mass is 289 g/mol. The molecule has 0 spiro atoms. The Morgan fingerprint density at radius 3 is 2.05 bits per heavy atom. The summed E-state index contributed by atoms with van der Waals surface area (Å²) in [5.41, 5.74) is 7.15. The van der Waals surface area contributed by atoms with Crippen molar-refractivity contribution in [3.8, 4) is 0 Å². The lowest BCUT2D eigenvalue weighted by Crippen LogP contribution is -2.29. The van der Waals surface area contributed by atoms with E-state index in [1.165, 1.54) is 6.92 Å². The summed E-state index contributed by atoms with van der Waals surface area (Å²) in [6.07, 6.45) is 3.90. The van der Waals surface area contributed by atoms with E-state index in [2.05, 4.69) is 10.6 Å². The summed E-state index contributed by atoms with van der Waals surface area (Å²) in [5.74, 6) is 0.634. The zero-order valence-electron chi connectivity index (χ0n) is 12.4. The Balaban J connectivity index is 1.86. The molecular weight excluding hydrogens is 266 g/mol. The summed E-state index contributed by atoms with van der Waals surface area (Å²) in [5, 5.41) is 5.64. The molecule has 1 fully saturated rings. The molecule has 0 radical (unpaired) electrons. The molecular formula is C16H23N3O2. The first-order chi connectivity index (χ1) is 10.1. The highest BCUT2D eigenvalue weighted by Gasteiger charge is 2.25. The first-order valence-electron chi connectivity index (χ1n) is 7.47. The number of nitrogens with one attached hydrogen (secondary N) is 2. The smallest absolute Gasteiger partial charge is 0.227 e. The minimum Gasteiger partial charge on any atom is -0.330 e. The molecule has 1 aromatic carbocycles. The van der Waals surface area contributed by atoms with Crippen LogP contribution >= 0.6 is 0 Å². The molecule has 2 rings (SSSR count). The van der Waals surface area contributed by atoms with Crippen molar-refractivity contribution in [2.45, 2.75) is 32.6 Å². The molecule has 1 saturated carbocycles. The fraction of sp³-hybridized carbons (Fsp3) is 0.500. The Morgan fingerprint density at radius 1 is 1.05 bits per heavy atom. The van der Waals surface area contributed by atoms with Crippen molar-refractivity contribution in [3.63, 3.8) is 0 Å². The quantitative estimate of drug-likeness (QED) is 0.795. The van der Waals surface area contributed by atoms with Crippen LogP contribution in [0.15, 0.2) is 24.3 Å². The molecule has 114 valence electrons. The van der Waals surface area contributed by atoms with Gasteiger partial charge in [-0.15, -0.1) is 0 Å². The largest absolute Gasteiger partial charge is 0.330 e. The molecule has 0 aromatic heterocycles. The van der Waals surface area contributed by atoms with Gasteiger partial charge < -0.3 is 16.4 Å². The molecule has 5 nitrogen and oxygen atoms in total. The van der Waals surface area contributed by atoms with Gasteiger partial charge in [0.2, 0.25) is 11.8 Å². The highest BCUT2D eigenvalue weighted by atomic mass is 16.2. The molecule has 0 heterocycles. The number of carbonyl (C=O) groups is 2. The second-order valence-electron chi connectivity index (χ2n) is 5.70. The molecule has 4 N–H and O–H groups in total. The van der Waals surface area contributed by atoms with Crippen LogP contribution in [0, 0.1) is 11.8 Å². The van der Waals surface area contributed by atoms with E-state index in [0.29, 0.717) is 5.92 Å². The molecule has 0 bridgehead atoms. The molecule has 5 heteroatoms. The molecule has 1 aliphatic rings. The minimum atomic E-state index is -0.108. The summed E-state index contributed by atoms with van der Waals surface area (Å²) in [6.45, 7) is 2.19. The van der Waals surface area contributed by atoms with Gasteiger partial charge >= 0.3 is 0 Å². The molecule has 21 heavy (non-hydrogen) atoms. The van der Waals surface area contributed by atoms with Gasteiger partial charge in [-0.3, -0.25) is 9.59 Å². The maximum absolute atomic E-state index is 12.2. The van der Waals surface area contributed by atoms with Crippen LogP contribution in [-0.2, 0) is 9.59 Å². The maximum atomic E-state index is 12.2. The Hall–Kier alpha value is -1.88. The number of benzene rings is 1. The molecule has 1 aliphatic carbocycles. The van der Waals surface area contributed by atoms with Crippen LogP contribution in [0.3, 0.4) is 0 Å². The Morgan fingerprint density at radius 2 is 1.57 bits per heavy atom. The van der Waals surface area contributed by atoms with Crippen LogP contribution in [0.2, 0.25) is 0 Å². The second kappa shape index (κ2) is 7.22. The highest BCUT2D eigenvalue weighted by molar-refractivity contribution is 5.93. The Bertz CT molecular complexity index is 491. The van der Waals surface area contributed by atoms with E-state index in [-0.39, 0.29) is 17.7 Å². The third kappa shape index (κ3) is 4.56. The summed E-state index contributed by atoms with van der Waals surface area (Å²) in [6, 6.07) is 7.16. The van der Waals surface area contributed by atoms with Gasteiger partial charge in [-0.05, 0) is 62.4 Å². The van der Waals surface area contributed by atoms with E-state index in [1.54, 1.807) is 24.3 Å². The number of rotatable bonds is 4. The summed E-state index contributed by atoms with van der Waals surface area (Å²) < 4.78 is 0. The fourth-order valence-electron chi connectivity index (χ4n) is 2.74. The van der Waals surface area contributed by atoms with Crippen molar-refractivity contribution in [1.82, 2.24) is 0 Å². The van der Waals surface area contributed by atoms with Crippen LogP contribution in [0.1, 0.15) is 32.6 Å². The van der Waals surface area contributed by atoms with Gasteiger partial charge in [-0.1, -0.05) is 0 Å². The topological polar surface area (TPSA) is 84.2 Å². The third-order valence-electron chi connectivity index (χ3n) is 4.02. The van der Waals surface area contributed by atoms with Gasteiger partial charge in [0, 0.05) is 24.2 Å². The van der Waals surface area contributed by atoms with Crippen LogP contribution in [0.5, 0.6) is 0 Å². The standard InChI is InChI=1S/C16H23N3O2/c1-11(20)18-14-6-8-15(9-7-14)19-16(21)13-4-2-12(10-17)3-5-13/h6-9,12-13H,2-5,10,17H2,1H3,(H,18,20)(H,19,21). The van der Waals surface area contributed by atoms with Gasteiger partial charge in [0.05, 0.1) is 0 Å². The van der Waals surface area contributed by atoms with E-state index >= 15 is 0 Å². The Kier molecular flexibility index (Phi) is 5.33. The maximum Gasteiger partial charge on any atom is 0.227 e. The predicted molar refractivity (Wildman–Crippen MR) is 83.9 cm³/mol. The number of amides is 2. The van der Waals surface area contributed by atoms with E-state index in [9.17, 15) is 9.59 Å². The van der Waals surface area contributed by atoms with Crippen molar-refractivity contribution in [3.05, 3.63) is 24.3 Å². The number of hydrogen-bond acceptors (Lipinski definition) is 3. The van der Waals surface area contributed by atoms with E-state index in [1.807, 2.05) is 0 Å². The van der Waals surface area contributed by atoms with Crippen molar-refractivity contribution in [2.24, 2.45) is 17.6 Å². The molecule has 1 aromatic rings. The second-order valence-corrected chi connectivity index (χ2v) is 5.70. The number of hydrogen-bond donors (Lipinski definition) is 3. The zero-order valence-corrected chi connectivity index (χ0v) is 12.4. The SMILES string of the molecule is CC(=O)Nc1ccc(NC(=O)C2CCC(CN)CC2)cc1. The highest BCUT2D eigenvalue weighted by Crippen LogP contribution is 2.29. The van der Waals surface area contributed by atoms with Crippen LogP contribution in [0.4, 0.5) is 11.4 Å². The minimum absolute atomic E-state index is 0.0812. The number of carbonyl (C=O) groups excluding carboxylic acids is 2. The number of nitrogens with two attached hydrogens (primary N) is 1. The molecule has 0 atom stereocenters. The van der Waals surface area contributed by atoms with E-state index in [0.717, 1.165) is 43.6 Å². The summed E-state index contributed by atoms with van der Waals surface area (Å²) >= 11 is 0. The van der Waals surface area contributed by atoms with Crippen molar-refractivity contribution >= 4 is 23.2 Å². The van der Waals surface area contributed by atoms with Crippen LogP contribution in [0.25, 0.3) is 0 Å². The van der Waals surface area contributed by atoms with Crippen LogP contribution in [-0.4, -0.2) is 18.4 Å². The van der Waals surface area contributed by atoms with E-state index < -0.39 is 0 Å². The van der Waals surface area contributed by atoms with Crippen LogP contribution < -0.4 is 16.4 Å². The lowest BCUT2D eigenvalue weighted by Gasteiger charge is -2.26. The van der Waals surface area contributed by atoms with E-state index in [4.69, 9.17) is 5.73 Å². The van der Waals surface area contributed by atoms with Crippen molar-refractivity contribution in [1.29, 1.82) is 0 Å². The van der Waals surface area contributed by atoms with Gasteiger partial charge in [-0.25, -0.2) is 0 Å². The van der Waals surface area contributed by atoms with Gasteiger partial charge in [0.1, 0.15) is 0 Å².